The fraction of sp³-hybridized carbons (Fsp3) is 0.400. The van der Waals surface area contributed by atoms with Crippen molar-refractivity contribution in [2.45, 2.75) is 25.6 Å². The Balaban J connectivity index is 1.56. The average molecular weight is 392 g/mol. The van der Waals surface area contributed by atoms with Gasteiger partial charge in [0.1, 0.15) is 5.82 Å². The standard InChI is InChI=1S/C20H25FN2O3S/c1-15(22-14-27(24)25)17-4-2-16(3-5-17)12-23-10-11-26-20(13-23)18-6-8-19(21)9-7-18/h2-9,15,20,22H,10-14H2,1H3,(H,24,25)/t15-,20-/m1/s1. The molecule has 0 radical (unpaired) electrons. The van der Waals surface area contributed by atoms with E-state index in [9.17, 15) is 8.60 Å². The number of nitrogens with zero attached hydrogens (tertiary/aromatic N) is 1. The minimum Gasteiger partial charge on any atom is -0.371 e. The first-order valence-electron chi connectivity index (χ1n) is 9.00. The van der Waals surface area contributed by atoms with Crippen LogP contribution in [0, 0.1) is 5.82 Å². The molecule has 27 heavy (non-hydrogen) atoms. The normalized spacial score (nSPS) is 20.3. The van der Waals surface area contributed by atoms with Crippen LogP contribution in [0.4, 0.5) is 4.39 Å². The van der Waals surface area contributed by atoms with E-state index in [0.717, 1.165) is 30.8 Å². The second kappa shape index (κ2) is 9.52. The fourth-order valence-corrected chi connectivity index (χ4v) is 3.60. The zero-order valence-electron chi connectivity index (χ0n) is 15.3. The Labute approximate surface area is 161 Å². The molecule has 146 valence electrons. The molecule has 1 saturated heterocycles. The van der Waals surface area contributed by atoms with Crippen LogP contribution in [0.15, 0.2) is 48.5 Å². The zero-order chi connectivity index (χ0) is 19.2. The van der Waals surface area contributed by atoms with Crippen LogP contribution in [0.2, 0.25) is 0 Å². The molecule has 1 aliphatic heterocycles. The molecular formula is C20H25FN2O3S. The van der Waals surface area contributed by atoms with Crippen LogP contribution in [-0.4, -0.2) is 39.2 Å². The van der Waals surface area contributed by atoms with Crippen LogP contribution in [0.3, 0.4) is 0 Å². The summed E-state index contributed by atoms with van der Waals surface area (Å²) in [7, 11) is 0. The van der Waals surface area contributed by atoms with Gasteiger partial charge in [-0.2, -0.15) is 0 Å². The maximum Gasteiger partial charge on any atom is 0.167 e. The minimum atomic E-state index is -1.84. The highest BCUT2D eigenvalue weighted by atomic mass is 32.2. The highest BCUT2D eigenvalue weighted by Gasteiger charge is 2.22. The molecule has 3 atom stereocenters. The molecular weight excluding hydrogens is 367 g/mol. The summed E-state index contributed by atoms with van der Waals surface area (Å²) in [6.45, 7) is 5.08. The number of nitrogens with one attached hydrogen (secondary N) is 1. The van der Waals surface area contributed by atoms with Gasteiger partial charge in [-0.15, -0.1) is 0 Å². The Kier molecular flexibility index (Phi) is 7.09. The van der Waals surface area contributed by atoms with Gasteiger partial charge in [-0.05, 0) is 35.7 Å². The molecule has 1 heterocycles. The van der Waals surface area contributed by atoms with Crippen LogP contribution in [0.25, 0.3) is 0 Å². The molecule has 2 aromatic rings. The minimum absolute atomic E-state index is 0.0152. The van der Waals surface area contributed by atoms with Crippen molar-refractivity contribution in [1.29, 1.82) is 0 Å². The highest BCUT2D eigenvalue weighted by molar-refractivity contribution is 7.79. The number of halogens is 1. The molecule has 1 fully saturated rings. The van der Waals surface area contributed by atoms with E-state index in [-0.39, 0.29) is 23.8 Å². The monoisotopic (exact) mass is 392 g/mol. The summed E-state index contributed by atoms with van der Waals surface area (Å²) >= 11 is -1.84. The predicted molar refractivity (Wildman–Crippen MR) is 104 cm³/mol. The summed E-state index contributed by atoms with van der Waals surface area (Å²) < 4.78 is 38.6. The van der Waals surface area contributed by atoms with E-state index >= 15 is 0 Å². The maximum atomic E-state index is 13.1. The Hall–Kier alpha value is -1.64. The Morgan fingerprint density at radius 2 is 1.96 bits per heavy atom. The number of hydrogen-bond donors (Lipinski definition) is 2. The van der Waals surface area contributed by atoms with Gasteiger partial charge < -0.3 is 9.29 Å². The van der Waals surface area contributed by atoms with Gasteiger partial charge in [0.15, 0.2) is 11.1 Å². The highest BCUT2D eigenvalue weighted by Crippen LogP contribution is 2.24. The molecule has 1 unspecified atom stereocenters. The Morgan fingerprint density at radius 1 is 1.26 bits per heavy atom. The lowest BCUT2D eigenvalue weighted by Gasteiger charge is -2.33. The van der Waals surface area contributed by atoms with Gasteiger partial charge in [-0.25, -0.2) is 8.60 Å². The fourth-order valence-electron chi connectivity index (χ4n) is 3.21. The predicted octanol–water partition coefficient (Wildman–Crippen LogP) is 3.23. The van der Waals surface area contributed by atoms with Gasteiger partial charge in [-0.1, -0.05) is 36.4 Å². The summed E-state index contributed by atoms with van der Waals surface area (Å²) in [6, 6.07) is 14.8. The molecule has 5 nitrogen and oxygen atoms in total. The molecule has 2 N–H and O–H groups in total. The lowest BCUT2D eigenvalue weighted by atomic mass is 10.0. The molecule has 3 rings (SSSR count). The van der Waals surface area contributed by atoms with Crippen LogP contribution < -0.4 is 5.32 Å². The van der Waals surface area contributed by atoms with Crippen LogP contribution in [-0.2, 0) is 22.4 Å². The van der Waals surface area contributed by atoms with Crippen molar-refractivity contribution >= 4 is 11.1 Å². The molecule has 1 aliphatic rings. The molecule has 0 amide bonds. The quantitative estimate of drug-likeness (QED) is 0.709. The van der Waals surface area contributed by atoms with E-state index in [2.05, 4.69) is 22.3 Å². The lowest BCUT2D eigenvalue weighted by molar-refractivity contribution is -0.0329. The summed E-state index contributed by atoms with van der Waals surface area (Å²) in [5, 5.41) is 3.02. The van der Waals surface area contributed by atoms with E-state index in [1.807, 2.05) is 19.1 Å². The average Bonchev–Trinajstić information content (AvgIpc) is 2.67. The Morgan fingerprint density at radius 3 is 2.63 bits per heavy atom. The van der Waals surface area contributed by atoms with Crippen molar-refractivity contribution in [1.82, 2.24) is 10.2 Å². The molecule has 0 spiro atoms. The van der Waals surface area contributed by atoms with Gasteiger partial charge in [-0.3, -0.25) is 10.2 Å². The second-order valence-electron chi connectivity index (χ2n) is 6.78. The number of hydrogen-bond acceptors (Lipinski definition) is 4. The van der Waals surface area contributed by atoms with Crippen LogP contribution >= 0.6 is 0 Å². The van der Waals surface area contributed by atoms with E-state index in [0.29, 0.717) is 6.61 Å². The lowest BCUT2D eigenvalue weighted by Crippen LogP contribution is -2.37. The third kappa shape index (κ3) is 5.92. The second-order valence-corrected chi connectivity index (χ2v) is 7.71. The number of rotatable bonds is 7. The summed E-state index contributed by atoms with van der Waals surface area (Å²) in [5.74, 6) is -0.179. The van der Waals surface area contributed by atoms with E-state index in [4.69, 9.17) is 9.29 Å². The topological polar surface area (TPSA) is 61.8 Å². The zero-order valence-corrected chi connectivity index (χ0v) is 16.1. The van der Waals surface area contributed by atoms with Gasteiger partial charge in [0.2, 0.25) is 0 Å². The van der Waals surface area contributed by atoms with E-state index < -0.39 is 11.1 Å². The van der Waals surface area contributed by atoms with Crippen molar-refractivity contribution < 1.29 is 17.9 Å². The Bertz CT molecular complexity index is 755. The first-order valence-corrected chi connectivity index (χ1v) is 10.3. The van der Waals surface area contributed by atoms with Gasteiger partial charge in [0.05, 0.1) is 18.6 Å². The van der Waals surface area contributed by atoms with E-state index in [1.54, 1.807) is 12.1 Å². The maximum absolute atomic E-state index is 13.1. The molecule has 0 saturated carbocycles. The number of morpholine rings is 1. The summed E-state index contributed by atoms with van der Waals surface area (Å²) in [4.78, 5) is 2.34. The third-order valence-corrected chi connectivity index (χ3v) is 5.20. The van der Waals surface area contributed by atoms with Crippen molar-refractivity contribution in [3.8, 4) is 0 Å². The number of benzene rings is 2. The van der Waals surface area contributed by atoms with E-state index in [1.165, 1.54) is 17.7 Å². The molecule has 7 heteroatoms. The summed E-state index contributed by atoms with van der Waals surface area (Å²) in [5.41, 5.74) is 3.28. The molecule has 0 bridgehead atoms. The smallest absolute Gasteiger partial charge is 0.167 e. The molecule has 0 aromatic heterocycles. The number of ether oxygens (including phenoxy) is 1. The van der Waals surface area contributed by atoms with Crippen LogP contribution in [0.1, 0.15) is 35.8 Å². The van der Waals surface area contributed by atoms with Crippen molar-refractivity contribution in [3.05, 3.63) is 71.0 Å². The van der Waals surface area contributed by atoms with Crippen molar-refractivity contribution in [3.63, 3.8) is 0 Å². The molecule has 0 aliphatic carbocycles. The van der Waals surface area contributed by atoms with Gasteiger partial charge >= 0.3 is 0 Å². The largest absolute Gasteiger partial charge is 0.371 e. The van der Waals surface area contributed by atoms with Gasteiger partial charge in [0, 0.05) is 25.7 Å². The van der Waals surface area contributed by atoms with Crippen molar-refractivity contribution in [2.75, 3.05) is 25.6 Å². The summed E-state index contributed by atoms with van der Waals surface area (Å²) in [6.07, 6.45) is -0.0396. The van der Waals surface area contributed by atoms with Crippen LogP contribution in [0.5, 0.6) is 0 Å². The molecule has 2 aromatic carbocycles. The third-order valence-electron chi connectivity index (χ3n) is 4.79. The first-order chi connectivity index (χ1) is 13.0. The SMILES string of the molecule is C[C@@H](NCS(=O)O)c1ccc(CN2CCO[C@@H](c3ccc(F)cc3)C2)cc1. The first kappa shape index (κ1) is 20.1. The van der Waals surface area contributed by atoms with Gasteiger partial charge in [0.25, 0.3) is 0 Å². The van der Waals surface area contributed by atoms with Crippen molar-refractivity contribution in [2.24, 2.45) is 0 Å².